The van der Waals surface area contributed by atoms with Crippen molar-refractivity contribution in [3.63, 3.8) is 0 Å². The van der Waals surface area contributed by atoms with E-state index in [-0.39, 0.29) is 34.7 Å². The minimum atomic E-state index is -1.10. The number of carboxylic acids is 1. The summed E-state index contributed by atoms with van der Waals surface area (Å²) < 4.78 is 0. The van der Waals surface area contributed by atoms with Gasteiger partial charge in [-0.3, -0.25) is 14.5 Å². The van der Waals surface area contributed by atoms with Gasteiger partial charge in [0.15, 0.2) is 0 Å². The van der Waals surface area contributed by atoms with Crippen LogP contribution in [0.4, 0.5) is 0 Å². The lowest BCUT2D eigenvalue weighted by Gasteiger charge is -2.52. The molecule has 110 valence electrons. The smallest absolute Gasteiger partial charge is 0.353 e. The largest absolute Gasteiger partial charge is 0.477 e. The minimum Gasteiger partial charge on any atom is -0.477 e. The SMILES string of the molecule is CC1=C(C(=O)O)N2C(=O)[C@@H](NC(=O)C(C)C)[C@@H]2[C@H](C)S1. The molecule has 1 fully saturated rings. The van der Waals surface area contributed by atoms with Crippen LogP contribution in [-0.2, 0) is 14.4 Å². The Balaban J connectivity index is 2.24. The van der Waals surface area contributed by atoms with E-state index >= 15 is 0 Å². The second kappa shape index (κ2) is 5.12. The monoisotopic (exact) mass is 298 g/mol. The van der Waals surface area contributed by atoms with Gasteiger partial charge in [-0.2, -0.15) is 0 Å². The van der Waals surface area contributed by atoms with Gasteiger partial charge in [0.1, 0.15) is 11.7 Å². The van der Waals surface area contributed by atoms with E-state index in [1.165, 1.54) is 16.7 Å². The fraction of sp³-hybridized carbons (Fsp3) is 0.615. The molecular formula is C13H18N2O4S. The van der Waals surface area contributed by atoms with Crippen LogP contribution in [0, 0.1) is 5.92 Å². The molecule has 0 aromatic rings. The van der Waals surface area contributed by atoms with Gasteiger partial charge in [-0.15, -0.1) is 11.8 Å². The highest BCUT2D eigenvalue weighted by atomic mass is 32.2. The number of nitrogens with one attached hydrogen (secondary N) is 1. The second-order valence-corrected chi connectivity index (χ2v) is 6.96. The quantitative estimate of drug-likeness (QED) is 0.752. The molecule has 20 heavy (non-hydrogen) atoms. The number of carbonyl (C=O) groups excluding carboxylic acids is 2. The maximum atomic E-state index is 12.2. The van der Waals surface area contributed by atoms with Crippen LogP contribution in [0.5, 0.6) is 0 Å². The molecule has 2 rings (SSSR count). The average molecular weight is 298 g/mol. The molecule has 0 radical (unpaired) electrons. The Bertz CT molecular complexity index is 515. The van der Waals surface area contributed by atoms with Crippen molar-refractivity contribution in [2.75, 3.05) is 0 Å². The fourth-order valence-corrected chi connectivity index (χ4v) is 3.82. The third-order valence-electron chi connectivity index (χ3n) is 3.59. The number of aliphatic carboxylic acids is 1. The van der Waals surface area contributed by atoms with Crippen molar-refractivity contribution in [2.24, 2.45) is 5.92 Å². The third-order valence-corrected chi connectivity index (χ3v) is 4.78. The minimum absolute atomic E-state index is 0.0399. The molecule has 3 atom stereocenters. The number of rotatable bonds is 3. The van der Waals surface area contributed by atoms with Crippen molar-refractivity contribution >= 4 is 29.5 Å². The van der Waals surface area contributed by atoms with Gasteiger partial charge in [0.25, 0.3) is 5.91 Å². The first-order valence-electron chi connectivity index (χ1n) is 6.50. The van der Waals surface area contributed by atoms with Gasteiger partial charge in [0.2, 0.25) is 5.91 Å². The average Bonchev–Trinajstić information content (AvgIpc) is 2.34. The summed E-state index contributed by atoms with van der Waals surface area (Å²) in [4.78, 5) is 37.1. The van der Waals surface area contributed by atoms with Crippen LogP contribution in [-0.4, -0.2) is 45.1 Å². The zero-order valence-electron chi connectivity index (χ0n) is 11.8. The molecule has 2 heterocycles. The van der Waals surface area contributed by atoms with Gasteiger partial charge >= 0.3 is 5.97 Å². The highest BCUT2D eigenvalue weighted by molar-refractivity contribution is 8.03. The lowest BCUT2D eigenvalue weighted by Crippen LogP contribution is -2.74. The Labute approximate surface area is 121 Å². The van der Waals surface area contributed by atoms with Crippen LogP contribution >= 0.6 is 11.8 Å². The van der Waals surface area contributed by atoms with Crippen molar-refractivity contribution < 1.29 is 19.5 Å². The van der Waals surface area contributed by atoms with Crippen LogP contribution in [0.25, 0.3) is 0 Å². The molecule has 0 aliphatic carbocycles. The number of carboxylic acid groups (broad SMARTS) is 1. The summed E-state index contributed by atoms with van der Waals surface area (Å²) in [5.41, 5.74) is 0.0399. The summed E-state index contributed by atoms with van der Waals surface area (Å²) in [7, 11) is 0. The highest BCUT2D eigenvalue weighted by Crippen LogP contribution is 2.43. The van der Waals surface area contributed by atoms with E-state index in [0.29, 0.717) is 4.91 Å². The molecule has 0 aromatic carbocycles. The number of fused-ring (bicyclic) bond motifs is 1. The predicted octanol–water partition coefficient (Wildman–Crippen LogP) is 0.789. The van der Waals surface area contributed by atoms with E-state index in [2.05, 4.69) is 5.32 Å². The number of amides is 2. The van der Waals surface area contributed by atoms with Gasteiger partial charge in [-0.05, 0) is 6.92 Å². The lowest BCUT2D eigenvalue weighted by atomic mass is 9.90. The number of thioether (sulfide) groups is 1. The number of hydrogen-bond donors (Lipinski definition) is 2. The number of nitrogens with zero attached hydrogens (tertiary/aromatic N) is 1. The Hall–Kier alpha value is -1.50. The zero-order valence-corrected chi connectivity index (χ0v) is 12.7. The Morgan fingerprint density at radius 2 is 2.00 bits per heavy atom. The van der Waals surface area contributed by atoms with E-state index < -0.39 is 12.0 Å². The molecule has 2 aliphatic rings. The molecule has 1 saturated heterocycles. The van der Waals surface area contributed by atoms with Crippen molar-refractivity contribution in [3.8, 4) is 0 Å². The molecule has 0 bridgehead atoms. The number of allylic oxidation sites excluding steroid dienone is 1. The molecule has 0 aromatic heterocycles. The van der Waals surface area contributed by atoms with Crippen molar-refractivity contribution in [1.29, 1.82) is 0 Å². The summed E-state index contributed by atoms with van der Waals surface area (Å²) in [6.45, 7) is 7.14. The van der Waals surface area contributed by atoms with E-state index in [1.54, 1.807) is 20.8 Å². The van der Waals surface area contributed by atoms with Crippen LogP contribution in [0.2, 0.25) is 0 Å². The van der Waals surface area contributed by atoms with Gasteiger partial charge in [0.05, 0.1) is 6.04 Å². The summed E-state index contributed by atoms with van der Waals surface area (Å²) in [6.07, 6.45) is 0. The van der Waals surface area contributed by atoms with E-state index in [0.717, 1.165) is 0 Å². The summed E-state index contributed by atoms with van der Waals surface area (Å²) in [6, 6.07) is -0.903. The first kappa shape index (κ1) is 14.9. The van der Waals surface area contributed by atoms with Crippen molar-refractivity contribution in [2.45, 2.75) is 45.0 Å². The number of carbonyl (C=O) groups is 3. The highest BCUT2D eigenvalue weighted by Gasteiger charge is 2.56. The first-order valence-corrected chi connectivity index (χ1v) is 7.38. The Kier molecular flexibility index (Phi) is 3.82. The van der Waals surface area contributed by atoms with Crippen molar-refractivity contribution in [1.82, 2.24) is 10.2 Å². The molecule has 2 N–H and O–H groups in total. The normalized spacial score (nSPS) is 29.1. The van der Waals surface area contributed by atoms with Gasteiger partial charge < -0.3 is 10.4 Å². The molecule has 2 amide bonds. The summed E-state index contributed by atoms with van der Waals surface area (Å²) in [5, 5.41) is 12.0. The van der Waals surface area contributed by atoms with Crippen LogP contribution in [0.15, 0.2) is 10.6 Å². The second-order valence-electron chi connectivity index (χ2n) is 5.37. The lowest BCUT2D eigenvalue weighted by molar-refractivity contribution is -0.155. The number of hydrogen-bond acceptors (Lipinski definition) is 4. The van der Waals surface area contributed by atoms with Crippen LogP contribution in [0.3, 0.4) is 0 Å². The predicted molar refractivity (Wildman–Crippen MR) is 74.8 cm³/mol. The van der Waals surface area contributed by atoms with E-state index in [4.69, 9.17) is 0 Å². The van der Waals surface area contributed by atoms with E-state index in [1.807, 2.05) is 6.92 Å². The van der Waals surface area contributed by atoms with Gasteiger partial charge in [-0.1, -0.05) is 20.8 Å². The standard InChI is InChI=1S/C13H18N2O4S/c1-5(2)11(16)14-8-9-6(3)20-7(4)10(13(18)19)15(9)12(8)17/h5-6,8-9H,1-4H3,(H,14,16)(H,18,19)/t6-,8-,9-/m0/s1. The van der Waals surface area contributed by atoms with Crippen molar-refractivity contribution in [3.05, 3.63) is 10.6 Å². The Morgan fingerprint density at radius 3 is 2.50 bits per heavy atom. The summed E-state index contributed by atoms with van der Waals surface area (Å²) in [5.74, 6) is -1.84. The number of β-lactam (4-membered cyclic amide) rings is 1. The van der Waals surface area contributed by atoms with Crippen LogP contribution in [0.1, 0.15) is 27.7 Å². The third kappa shape index (κ3) is 2.19. The first-order chi connectivity index (χ1) is 9.25. The van der Waals surface area contributed by atoms with Gasteiger partial charge in [-0.25, -0.2) is 4.79 Å². The van der Waals surface area contributed by atoms with E-state index in [9.17, 15) is 19.5 Å². The molecule has 0 saturated carbocycles. The molecule has 2 aliphatic heterocycles. The topological polar surface area (TPSA) is 86.7 Å². The molecule has 0 spiro atoms. The fourth-order valence-electron chi connectivity index (χ4n) is 2.54. The van der Waals surface area contributed by atoms with Gasteiger partial charge in [0, 0.05) is 16.1 Å². The zero-order chi connectivity index (χ0) is 15.2. The molecular weight excluding hydrogens is 280 g/mol. The summed E-state index contributed by atoms with van der Waals surface area (Å²) >= 11 is 1.44. The maximum Gasteiger partial charge on any atom is 0.353 e. The van der Waals surface area contributed by atoms with Crippen LogP contribution < -0.4 is 5.32 Å². The molecule has 7 heteroatoms. The molecule has 6 nitrogen and oxygen atoms in total. The maximum absolute atomic E-state index is 12.2. The molecule has 0 unspecified atom stereocenters. The Morgan fingerprint density at radius 1 is 1.40 bits per heavy atom.